The summed E-state index contributed by atoms with van der Waals surface area (Å²) < 4.78 is 19.1. The number of amides is 2. The van der Waals surface area contributed by atoms with Gasteiger partial charge in [0.2, 0.25) is 5.95 Å². The van der Waals surface area contributed by atoms with Gasteiger partial charge in [-0.2, -0.15) is 0 Å². The predicted octanol–water partition coefficient (Wildman–Crippen LogP) is 4.26. The van der Waals surface area contributed by atoms with Crippen molar-refractivity contribution in [2.45, 2.75) is 0 Å². The van der Waals surface area contributed by atoms with Crippen LogP contribution in [0.4, 0.5) is 15.1 Å². The van der Waals surface area contributed by atoms with Crippen LogP contribution in [0.15, 0.2) is 42.5 Å². The molecule has 0 saturated carbocycles. The second kappa shape index (κ2) is 8.39. The summed E-state index contributed by atoms with van der Waals surface area (Å²) in [6, 6.07) is 10.4. The molecule has 2 amide bonds. The van der Waals surface area contributed by atoms with E-state index >= 15 is 0 Å². The smallest absolute Gasteiger partial charge is 0.335 e. The lowest BCUT2D eigenvalue weighted by molar-refractivity contribution is 0.252. The van der Waals surface area contributed by atoms with Crippen LogP contribution in [0.5, 0.6) is 5.75 Å². The highest BCUT2D eigenvalue weighted by molar-refractivity contribution is 6.36. The Morgan fingerprint density at radius 3 is 2.39 bits per heavy atom. The summed E-state index contributed by atoms with van der Waals surface area (Å²) in [6.45, 7) is 0. The average molecular weight is 422 g/mol. The molecule has 2 aromatic carbocycles. The zero-order valence-electron chi connectivity index (χ0n) is 14.5. The summed E-state index contributed by atoms with van der Waals surface area (Å²) in [5.41, 5.74) is 3.68. The van der Waals surface area contributed by atoms with Crippen molar-refractivity contribution in [1.82, 2.24) is 15.4 Å². The molecule has 7 nitrogen and oxygen atoms in total. The third-order valence-electron chi connectivity index (χ3n) is 3.75. The van der Waals surface area contributed by atoms with Crippen LogP contribution < -0.4 is 21.3 Å². The summed E-state index contributed by atoms with van der Waals surface area (Å²) in [7, 11) is 1.56. The first-order valence-corrected chi connectivity index (χ1v) is 8.63. The van der Waals surface area contributed by atoms with Crippen molar-refractivity contribution in [2.24, 2.45) is 5.84 Å². The Morgan fingerprint density at radius 1 is 1.07 bits per heavy atom. The molecule has 28 heavy (non-hydrogen) atoms. The molecule has 1 aromatic heterocycles. The molecular formula is C18H14Cl2FN5O2. The number of ether oxygens (including phenoxy) is 1. The van der Waals surface area contributed by atoms with Crippen LogP contribution >= 0.6 is 23.2 Å². The molecule has 4 N–H and O–H groups in total. The Morgan fingerprint density at radius 2 is 1.75 bits per heavy atom. The van der Waals surface area contributed by atoms with Gasteiger partial charge in [0.25, 0.3) is 0 Å². The van der Waals surface area contributed by atoms with E-state index in [-0.39, 0.29) is 27.3 Å². The Labute approximate surface area is 169 Å². The van der Waals surface area contributed by atoms with E-state index in [1.165, 1.54) is 6.07 Å². The first kappa shape index (κ1) is 19.8. The highest BCUT2D eigenvalue weighted by Crippen LogP contribution is 2.33. The standard InChI is InChI=1S/C18H14Cl2FN5O2/c1-28-10-4-2-9(3-5-10)15-8-16(24-17(23-15)25-18(27)26-22)11-6-14(21)13(20)7-12(11)19/h2-8H,22H2,1H3,(H2,23,24,25,26,27). The van der Waals surface area contributed by atoms with Crippen LogP contribution in [0.2, 0.25) is 10.0 Å². The number of rotatable bonds is 4. The summed E-state index contributed by atoms with van der Waals surface area (Å²) in [5.74, 6) is 5.07. The Kier molecular flexibility index (Phi) is 5.93. The lowest BCUT2D eigenvalue weighted by atomic mass is 10.1. The summed E-state index contributed by atoms with van der Waals surface area (Å²) in [6.07, 6.45) is 0. The van der Waals surface area contributed by atoms with Crippen molar-refractivity contribution in [3.05, 3.63) is 58.3 Å². The number of aromatic nitrogens is 2. The van der Waals surface area contributed by atoms with Gasteiger partial charge in [0.05, 0.1) is 28.5 Å². The van der Waals surface area contributed by atoms with Gasteiger partial charge in [0.15, 0.2) is 0 Å². The van der Waals surface area contributed by atoms with Crippen molar-refractivity contribution in [1.29, 1.82) is 0 Å². The van der Waals surface area contributed by atoms with Gasteiger partial charge < -0.3 is 4.74 Å². The van der Waals surface area contributed by atoms with Gasteiger partial charge in [-0.05, 0) is 42.5 Å². The van der Waals surface area contributed by atoms with Gasteiger partial charge >= 0.3 is 6.03 Å². The molecule has 0 spiro atoms. The molecule has 3 aromatic rings. The van der Waals surface area contributed by atoms with E-state index in [1.54, 1.807) is 37.4 Å². The van der Waals surface area contributed by atoms with Crippen LogP contribution in [-0.4, -0.2) is 23.1 Å². The van der Waals surface area contributed by atoms with E-state index in [4.69, 9.17) is 33.8 Å². The summed E-state index contributed by atoms with van der Waals surface area (Å²) >= 11 is 12.0. The Bertz CT molecular complexity index is 1030. The largest absolute Gasteiger partial charge is 0.497 e. The number of halogens is 3. The molecular weight excluding hydrogens is 408 g/mol. The number of carbonyl (C=O) groups excluding carboxylic acids is 1. The molecule has 3 rings (SSSR count). The van der Waals surface area contributed by atoms with E-state index < -0.39 is 11.8 Å². The fourth-order valence-corrected chi connectivity index (χ4v) is 2.89. The molecule has 0 aliphatic heterocycles. The molecule has 0 fully saturated rings. The molecule has 0 aliphatic carbocycles. The normalized spacial score (nSPS) is 10.5. The van der Waals surface area contributed by atoms with Crippen LogP contribution in [0, 0.1) is 5.82 Å². The van der Waals surface area contributed by atoms with Crippen LogP contribution in [0.25, 0.3) is 22.5 Å². The van der Waals surface area contributed by atoms with E-state index in [9.17, 15) is 9.18 Å². The zero-order valence-corrected chi connectivity index (χ0v) is 16.0. The maximum atomic E-state index is 14.0. The van der Waals surface area contributed by atoms with Gasteiger partial charge in [-0.25, -0.2) is 25.0 Å². The minimum absolute atomic E-state index is 0.0438. The highest BCUT2D eigenvalue weighted by atomic mass is 35.5. The number of hydrazine groups is 1. The molecule has 1 heterocycles. The van der Waals surface area contributed by atoms with E-state index in [0.717, 1.165) is 6.07 Å². The summed E-state index contributed by atoms with van der Waals surface area (Å²) in [5, 5.41) is 2.48. The molecule has 0 radical (unpaired) electrons. The molecule has 144 valence electrons. The fourth-order valence-electron chi connectivity index (χ4n) is 2.41. The van der Waals surface area contributed by atoms with Crippen molar-refractivity contribution in [3.63, 3.8) is 0 Å². The van der Waals surface area contributed by atoms with E-state index in [0.29, 0.717) is 17.0 Å². The zero-order chi connectivity index (χ0) is 20.3. The second-order valence-corrected chi connectivity index (χ2v) is 6.35. The van der Waals surface area contributed by atoms with Gasteiger partial charge in [-0.1, -0.05) is 23.2 Å². The van der Waals surface area contributed by atoms with Crippen LogP contribution in [-0.2, 0) is 0 Å². The number of methoxy groups -OCH3 is 1. The van der Waals surface area contributed by atoms with Gasteiger partial charge in [0, 0.05) is 11.1 Å². The first-order valence-electron chi connectivity index (χ1n) is 7.87. The maximum Gasteiger partial charge on any atom is 0.335 e. The molecule has 0 saturated heterocycles. The quantitative estimate of drug-likeness (QED) is 0.252. The van der Waals surface area contributed by atoms with Crippen molar-refractivity contribution < 1.29 is 13.9 Å². The van der Waals surface area contributed by atoms with Gasteiger partial charge in [-0.3, -0.25) is 10.7 Å². The van der Waals surface area contributed by atoms with E-state index in [1.807, 2.05) is 5.43 Å². The van der Waals surface area contributed by atoms with Crippen LogP contribution in [0.1, 0.15) is 0 Å². The number of benzene rings is 2. The second-order valence-electron chi connectivity index (χ2n) is 5.54. The first-order chi connectivity index (χ1) is 13.4. The highest BCUT2D eigenvalue weighted by Gasteiger charge is 2.15. The number of carbonyl (C=O) groups is 1. The Hall–Kier alpha value is -2.94. The number of hydrogen-bond acceptors (Lipinski definition) is 5. The minimum atomic E-state index is -0.716. The topological polar surface area (TPSA) is 102 Å². The average Bonchev–Trinajstić information content (AvgIpc) is 2.70. The van der Waals surface area contributed by atoms with Crippen molar-refractivity contribution in [2.75, 3.05) is 12.4 Å². The summed E-state index contributed by atoms with van der Waals surface area (Å²) in [4.78, 5) is 20.1. The monoisotopic (exact) mass is 421 g/mol. The number of nitrogens with two attached hydrogens (primary N) is 1. The molecule has 0 aliphatic rings. The maximum absolute atomic E-state index is 14.0. The lowest BCUT2D eigenvalue weighted by Crippen LogP contribution is -2.34. The van der Waals surface area contributed by atoms with Gasteiger partial charge in [-0.15, -0.1) is 0 Å². The molecule has 10 heteroatoms. The molecule has 0 atom stereocenters. The van der Waals surface area contributed by atoms with Gasteiger partial charge in [0.1, 0.15) is 11.6 Å². The van der Waals surface area contributed by atoms with Crippen molar-refractivity contribution in [3.8, 4) is 28.3 Å². The number of hydrogen-bond donors (Lipinski definition) is 3. The van der Waals surface area contributed by atoms with Crippen molar-refractivity contribution >= 4 is 35.2 Å². The molecule has 0 unspecified atom stereocenters. The lowest BCUT2D eigenvalue weighted by Gasteiger charge is -2.11. The number of anilines is 1. The molecule has 0 bridgehead atoms. The number of urea groups is 1. The minimum Gasteiger partial charge on any atom is -0.497 e. The number of nitrogens with zero attached hydrogens (tertiary/aromatic N) is 2. The van der Waals surface area contributed by atoms with E-state index in [2.05, 4.69) is 15.3 Å². The number of nitrogens with one attached hydrogen (secondary N) is 2. The SMILES string of the molecule is COc1ccc(-c2cc(-c3cc(F)c(Cl)cc3Cl)nc(NC(=O)NN)n2)cc1. The van der Waals surface area contributed by atoms with Crippen LogP contribution in [0.3, 0.4) is 0 Å². The third kappa shape index (κ3) is 4.30. The third-order valence-corrected chi connectivity index (χ3v) is 4.36. The predicted molar refractivity (Wildman–Crippen MR) is 106 cm³/mol. The fraction of sp³-hybridized carbons (Fsp3) is 0.0556. The Balaban J connectivity index is 2.14.